The number of hydrogen-bond donors (Lipinski definition) is 3. The quantitative estimate of drug-likeness (QED) is 0.691. The Morgan fingerprint density at radius 2 is 1.76 bits per heavy atom. The van der Waals surface area contributed by atoms with Gasteiger partial charge < -0.3 is 11.1 Å². The highest BCUT2D eigenvalue weighted by atomic mass is 35.5. The van der Waals surface area contributed by atoms with E-state index >= 15 is 0 Å². The van der Waals surface area contributed by atoms with E-state index < -0.39 is 10.0 Å². The first-order chi connectivity index (χ1) is 11.3. The van der Waals surface area contributed by atoms with Crippen molar-refractivity contribution in [2.75, 3.05) is 6.54 Å². The number of nitrogens with one attached hydrogen (secondary N) is 1. The van der Waals surface area contributed by atoms with Crippen molar-refractivity contribution in [2.24, 2.45) is 16.3 Å². The Hall–Kier alpha value is -1.15. The smallest absolute Gasteiger partial charge is 0.238 e. The van der Waals surface area contributed by atoms with Crippen molar-refractivity contribution in [2.45, 2.75) is 56.4 Å². The molecular formula is C17H28ClN3O3S. The molecule has 0 radical (unpaired) electrons. The summed E-state index contributed by atoms with van der Waals surface area (Å²) >= 11 is 0. The molecule has 1 fully saturated rings. The molecule has 1 unspecified atom stereocenters. The third kappa shape index (κ3) is 5.95. The lowest BCUT2D eigenvalue weighted by atomic mass is 9.71. The second-order valence-electron chi connectivity index (χ2n) is 6.84. The van der Waals surface area contributed by atoms with Crippen LogP contribution in [0.4, 0.5) is 0 Å². The van der Waals surface area contributed by atoms with Gasteiger partial charge in [0.15, 0.2) is 0 Å². The maximum Gasteiger partial charge on any atom is 0.238 e. The zero-order valence-electron chi connectivity index (χ0n) is 14.5. The molecule has 142 valence electrons. The first-order valence-electron chi connectivity index (χ1n) is 8.38. The van der Waals surface area contributed by atoms with Crippen LogP contribution in [0.25, 0.3) is 0 Å². The van der Waals surface area contributed by atoms with Crippen LogP contribution in [0.5, 0.6) is 0 Å². The largest absolute Gasteiger partial charge is 0.350 e. The van der Waals surface area contributed by atoms with Gasteiger partial charge in [-0.15, -0.1) is 12.4 Å². The summed E-state index contributed by atoms with van der Waals surface area (Å²) in [4.78, 5) is 12.5. The van der Waals surface area contributed by atoms with Crippen LogP contribution in [0, 0.1) is 5.41 Å². The number of rotatable bonds is 6. The predicted octanol–water partition coefficient (Wildman–Crippen LogP) is 2.23. The molecule has 1 saturated carbocycles. The highest BCUT2D eigenvalue weighted by Crippen LogP contribution is 2.38. The van der Waals surface area contributed by atoms with Crippen LogP contribution in [0.3, 0.4) is 0 Å². The number of halogens is 1. The Morgan fingerprint density at radius 3 is 2.24 bits per heavy atom. The molecule has 0 aromatic heterocycles. The molecule has 0 spiro atoms. The molecule has 8 heteroatoms. The summed E-state index contributed by atoms with van der Waals surface area (Å²) in [6, 6.07) is 6.05. The van der Waals surface area contributed by atoms with Crippen LogP contribution in [0.1, 0.15) is 57.1 Å². The Bertz CT molecular complexity index is 671. The fourth-order valence-electron chi connectivity index (χ4n) is 3.42. The second kappa shape index (κ2) is 8.98. The fourth-order valence-corrected chi connectivity index (χ4v) is 3.93. The summed E-state index contributed by atoms with van der Waals surface area (Å²) in [6.45, 7) is 2.41. The molecule has 0 heterocycles. The molecule has 1 aliphatic carbocycles. The van der Waals surface area contributed by atoms with E-state index in [0.717, 1.165) is 31.2 Å². The molecule has 5 N–H and O–H groups in total. The highest BCUT2D eigenvalue weighted by Gasteiger charge is 2.33. The average Bonchev–Trinajstić information content (AvgIpc) is 2.55. The number of nitrogens with two attached hydrogens (primary N) is 2. The lowest BCUT2D eigenvalue weighted by Gasteiger charge is -2.36. The minimum atomic E-state index is -3.70. The van der Waals surface area contributed by atoms with Crippen molar-refractivity contribution in [3.63, 3.8) is 0 Å². The third-order valence-corrected chi connectivity index (χ3v) is 5.90. The van der Waals surface area contributed by atoms with Gasteiger partial charge in [0.2, 0.25) is 15.9 Å². The zero-order valence-corrected chi connectivity index (χ0v) is 16.2. The standard InChI is InChI=1S/C17H27N3O3S.ClH/c1-13(14-5-7-15(8-6-14)24(19,22)23)20-16(21)11-17(12-18)9-3-2-4-10-17;/h5-8,13H,2-4,9-12,18H2,1H3,(H,20,21)(H2,19,22,23);1H. The van der Waals surface area contributed by atoms with E-state index in [1.165, 1.54) is 18.6 Å². The molecule has 0 saturated heterocycles. The molecule has 25 heavy (non-hydrogen) atoms. The number of carbonyl (C=O) groups excluding carboxylic acids is 1. The molecule has 2 rings (SSSR count). The zero-order chi connectivity index (χ0) is 17.8. The molecule has 0 aliphatic heterocycles. The van der Waals surface area contributed by atoms with Gasteiger partial charge >= 0.3 is 0 Å². The monoisotopic (exact) mass is 389 g/mol. The van der Waals surface area contributed by atoms with Crippen LogP contribution >= 0.6 is 12.4 Å². The van der Waals surface area contributed by atoms with Crippen LogP contribution in [-0.4, -0.2) is 20.9 Å². The summed E-state index contributed by atoms with van der Waals surface area (Å²) < 4.78 is 22.6. The van der Waals surface area contributed by atoms with Crippen molar-refractivity contribution >= 4 is 28.3 Å². The number of primary sulfonamides is 1. The minimum absolute atomic E-state index is 0. The lowest BCUT2D eigenvalue weighted by Crippen LogP contribution is -2.39. The van der Waals surface area contributed by atoms with E-state index in [1.54, 1.807) is 12.1 Å². The summed E-state index contributed by atoms with van der Waals surface area (Å²) in [5.74, 6) is -0.00891. The topological polar surface area (TPSA) is 115 Å². The Morgan fingerprint density at radius 1 is 1.20 bits per heavy atom. The van der Waals surface area contributed by atoms with E-state index in [4.69, 9.17) is 10.9 Å². The van der Waals surface area contributed by atoms with Gasteiger partial charge in [-0.1, -0.05) is 31.4 Å². The molecule has 0 bridgehead atoms. The predicted molar refractivity (Wildman–Crippen MR) is 101 cm³/mol. The minimum Gasteiger partial charge on any atom is -0.350 e. The lowest BCUT2D eigenvalue weighted by molar-refractivity contribution is -0.124. The van der Waals surface area contributed by atoms with Gasteiger partial charge in [-0.05, 0) is 49.4 Å². The van der Waals surface area contributed by atoms with Crippen LogP contribution < -0.4 is 16.2 Å². The fraction of sp³-hybridized carbons (Fsp3) is 0.588. The first kappa shape index (κ1) is 21.9. The van der Waals surface area contributed by atoms with Crippen molar-refractivity contribution < 1.29 is 13.2 Å². The molecule has 1 aliphatic rings. The number of carbonyl (C=O) groups is 1. The second-order valence-corrected chi connectivity index (χ2v) is 8.41. The molecular weight excluding hydrogens is 362 g/mol. The van der Waals surface area contributed by atoms with E-state index in [2.05, 4.69) is 5.32 Å². The van der Waals surface area contributed by atoms with Gasteiger partial charge in [0.1, 0.15) is 0 Å². The summed E-state index contributed by atoms with van der Waals surface area (Å²) in [6.07, 6.45) is 5.95. The first-order valence-corrected chi connectivity index (χ1v) is 9.93. The molecule has 1 amide bonds. The van der Waals surface area contributed by atoms with Crippen LogP contribution in [0.2, 0.25) is 0 Å². The highest BCUT2D eigenvalue weighted by molar-refractivity contribution is 7.89. The van der Waals surface area contributed by atoms with Crippen molar-refractivity contribution in [1.82, 2.24) is 5.32 Å². The summed E-state index contributed by atoms with van der Waals surface area (Å²) in [5.41, 5.74) is 6.70. The van der Waals surface area contributed by atoms with E-state index in [0.29, 0.717) is 13.0 Å². The number of benzene rings is 1. The van der Waals surface area contributed by atoms with Crippen LogP contribution in [0.15, 0.2) is 29.2 Å². The van der Waals surface area contributed by atoms with Gasteiger partial charge in [0, 0.05) is 6.42 Å². The number of amides is 1. The average molecular weight is 390 g/mol. The third-order valence-electron chi connectivity index (χ3n) is 4.97. The van der Waals surface area contributed by atoms with Crippen LogP contribution in [-0.2, 0) is 14.8 Å². The molecule has 1 aromatic rings. The maximum absolute atomic E-state index is 12.4. The van der Waals surface area contributed by atoms with Gasteiger partial charge in [-0.2, -0.15) is 0 Å². The number of hydrogen-bond acceptors (Lipinski definition) is 4. The van der Waals surface area contributed by atoms with Crippen molar-refractivity contribution in [3.8, 4) is 0 Å². The SMILES string of the molecule is CC(NC(=O)CC1(CN)CCCCC1)c1ccc(S(N)(=O)=O)cc1.Cl. The maximum atomic E-state index is 12.4. The summed E-state index contributed by atoms with van der Waals surface area (Å²) in [5, 5.41) is 8.07. The van der Waals surface area contributed by atoms with E-state index in [9.17, 15) is 13.2 Å². The van der Waals surface area contributed by atoms with E-state index in [-0.39, 0.29) is 34.7 Å². The van der Waals surface area contributed by atoms with Crippen molar-refractivity contribution in [3.05, 3.63) is 29.8 Å². The van der Waals surface area contributed by atoms with Gasteiger partial charge in [-0.25, -0.2) is 13.6 Å². The van der Waals surface area contributed by atoms with E-state index in [1.807, 2.05) is 6.92 Å². The Balaban J connectivity index is 0.00000312. The van der Waals surface area contributed by atoms with Gasteiger partial charge in [0.05, 0.1) is 10.9 Å². The molecule has 1 atom stereocenters. The molecule has 1 aromatic carbocycles. The molecule has 6 nitrogen and oxygen atoms in total. The summed E-state index contributed by atoms with van der Waals surface area (Å²) in [7, 11) is -3.70. The van der Waals surface area contributed by atoms with Gasteiger partial charge in [0.25, 0.3) is 0 Å². The normalized spacial score (nSPS) is 18.0. The van der Waals surface area contributed by atoms with Gasteiger partial charge in [-0.3, -0.25) is 4.79 Å². The van der Waals surface area contributed by atoms with Crippen molar-refractivity contribution in [1.29, 1.82) is 0 Å². The Kier molecular flexibility index (Phi) is 7.87. The number of sulfonamides is 1. The Labute approximate surface area is 156 Å².